The topological polar surface area (TPSA) is 49.9 Å². The third kappa shape index (κ3) is 3.40. The van der Waals surface area contributed by atoms with Crippen molar-refractivity contribution in [3.63, 3.8) is 0 Å². The minimum absolute atomic E-state index is 0.806. The van der Waals surface area contributed by atoms with Crippen molar-refractivity contribution in [3.8, 4) is 0 Å². The van der Waals surface area contributed by atoms with Crippen LogP contribution in [0.2, 0.25) is 0 Å². The van der Waals surface area contributed by atoms with Crippen molar-refractivity contribution >= 4 is 6.21 Å². The maximum atomic E-state index is 7.06. The lowest BCUT2D eigenvalue weighted by Crippen LogP contribution is -1.91. The predicted molar refractivity (Wildman–Crippen MR) is 49.6 cm³/mol. The van der Waals surface area contributed by atoms with Crippen LogP contribution in [0.1, 0.15) is 13.8 Å². The van der Waals surface area contributed by atoms with Crippen LogP contribution < -0.4 is 5.73 Å². The van der Waals surface area contributed by atoms with E-state index in [0.717, 1.165) is 16.7 Å². The largest absolute Gasteiger partial charge is 0.404 e. The lowest BCUT2D eigenvalue weighted by molar-refractivity contribution is 1.37. The molecule has 0 unspecified atom stereocenters. The first kappa shape index (κ1) is 9.69. The zero-order chi connectivity index (χ0) is 8.85. The summed E-state index contributed by atoms with van der Waals surface area (Å²) < 4.78 is 0. The molecule has 0 heterocycles. The molecule has 0 aromatic heterocycles. The van der Waals surface area contributed by atoms with Crippen LogP contribution in [0, 0.1) is 5.41 Å². The fraction of sp³-hybridized carbons (Fsp3) is 0.222. The molecule has 0 rings (SSSR count). The second kappa shape index (κ2) is 4.50. The van der Waals surface area contributed by atoms with Crippen molar-refractivity contribution in [2.75, 3.05) is 0 Å². The minimum atomic E-state index is 0.806. The zero-order valence-electron chi connectivity index (χ0n) is 7.02. The Morgan fingerprint density at radius 2 is 2.00 bits per heavy atom. The van der Waals surface area contributed by atoms with Crippen LogP contribution in [-0.2, 0) is 0 Å². The van der Waals surface area contributed by atoms with Crippen LogP contribution in [0.15, 0.2) is 35.6 Å². The summed E-state index contributed by atoms with van der Waals surface area (Å²) in [6.45, 7) is 7.45. The van der Waals surface area contributed by atoms with Gasteiger partial charge in [0, 0.05) is 6.21 Å². The third-order valence-electron chi connectivity index (χ3n) is 1.26. The van der Waals surface area contributed by atoms with Gasteiger partial charge < -0.3 is 11.1 Å². The van der Waals surface area contributed by atoms with E-state index in [1.54, 1.807) is 0 Å². The van der Waals surface area contributed by atoms with Gasteiger partial charge >= 0.3 is 0 Å². The van der Waals surface area contributed by atoms with Gasteiger partial charge in [0.25, 0.3) is 0 Å². The first-order valence-electron chi connectivity index (χ1n) is 3.38. The Bertz CT molecular complexity index is 222. The summed E-state index contributed by atoms with van der Waals surface area (Å²) in [5.41, 5.74) is 7.91. The molecule has 3 N–H and O–H groups in total. The molecule has 0 bridgehead atoms. The van der Waals surface area contributed by atoms with Crippen molar-refractivity contribution < 1.29 is 0 Å². The van der Waals surface area contributed by atoms with Gasteiger partial charge in [-0.15, -0.1) is 0 Å². The molecule has 0 radical (unpaired) electrons. The number of allylic oxidation sites excluding steroid dienone is 4. The van der Waals surface area contributed by atoms with Crippen molar-refractivity contribution in [1.82, 2.24) is 0 Å². The summed E-state index contributed by atoms with van der Waals surface area (Å²) in [5, 5.41) is 7.06. The first-order valence-corrected chi connectivity index (χ1v) is 3.38. The van der Waals surface area contributed by atoms with Gasteiger partial charge in [-0.3, -0.25) is 0 Å². The standard InChI is InChI=1S/C9H14N2/c1-7(2)4-9(6-11)8(3)5-10/h4-6,11H,1,10H2,2-3H3/b8-5-,9-4-,11-6?. The van der Waals surface area contributed by atoms with Crippen LogP contribution in [0.4, 0.5) is 0 Å². The molecular formula is C9H14N2. The van der Waals surface area contributed by atoms with Crippen molar-refractivity contribution in [2.45, 2.75) is 13.8 Å². The van der Waals surface area contributed by atoms with Gasteiger partial charge in [-0.2, -0.15) is 0 Å². The van der Waals surface area contributed by atoms with Crippen LogP contribution in [0.5, 0.6) is 0 Å². The van der Waals surface area contributed by atoms with Crippen molar-refractivity contribution in [2.24, 2.45) is 5.73 Å². The Morgan fingerprint density at radius 1 is 1.45 bits per heavy atom. The number of rotatable bonds is 3. The molecule has 0 aromatic carbocycles. The highest BCUT2D eigenvalue weighted by Gasteiger charge is 1.93. The molecule has 2 nitrogen and oxygen atoms in total. The molecule has 0 aliphatic heterocycles. The number of nitrogens with two attached hydrogens (primary N) is 1. The van der Waals surface area contributed by atoms with E-state index in [-0.39, 0.29) is 0 Å². The van der Waals surface area contributed by atoms with E-state index in [1.807, 2.05) is 19.9 Å². The van der Waals surface area contributed by atoms with E-state index in [0.29, 0.717) is 0 Å². The Hall–Kier alpha value is -1.31. The van der Waals surface area contributed by atoms with Crippen LogP contribution in [0.3, 0.4) is 0 Å². The van der Waals surface area contributed by atoms with Gasteiger partial charge in [0.15, 0.2) is 0 Å². The molecule has 0 aromatic rings. The molecule has 0 amide bonds. The molecule has 0 aliphatic carbocycles. The smallest absolute Gasteiger partial charge is 0.0253 e. The van der Waals surface area contributed by atoms with E-state index in [2.05, 4.69) is 6.58 Å². The summed E-state index contributed by atoms with van der Waals surface area (Å²) in [7, 11) is 0. The molecule has 0 fully saturated rings. The summed E-state index contributed by atoms with van der Waals surface area (Å²) in [5.74, 6) is 0. The van der Waals surface area contributed by atoms with E-state index in [1.165, 1.54) is 12.4 Å². The highest BCUT2D eigenvalue weighted by atomic mass is 14.5. The highest BCUT2D eigenvalue weighted by Crippen LogP contribution is 2.07. The van der Waals surface area contributed by atoms with Gasteiger partial charge in [0.1, 0.15) is 0 Å². The normalized spacial score (nSPS) is 12.9. The van der Waals surface area contributed by atoms with Crippen LogP contribution in [0.25, 0.3) is 0 Å². The molecule has 60 valence electrons. The summed E-state index contributed by atoms with van der Waals surface area (Å²) in [6.07, 6.45) is 4.58. The lowest BCUT2D eigenvalue weighted by Gasteiger charge is -1.98. The molecule has 0 atom stereocenters. The Labute approximate surface area is 67.6 Å². The second-order valence-electron chi connectivity index (χ2n) is 2.44. The maximum Gasteiger partial charge on any atom is 0.0253 e. The SMILES string of the molecule is C=C(C)/C=C(C=N)\C(C)=C/N. The van der Waals surface area contributed by atoms with Gasteiger partial charge in [0.05, 0.1) is 0 Å². The summed E-state index contributed by atoms with van der Waals surface area (Å²) in [6, 6.07) is 0. The van der Waals surface area contributed by atoms with Crippen LogP contribution in [-0.4, -0.2) is 6.21 Å². The maximum absolute atomic E-state index is 7.06. The van der Waals surface area contributed by atoms with E-state index < -0.39 is 0 Å². The third-order valence-corrected chi connectivity index (χ3v) is 1.26. The van der Waals surface area contributed by atoms with Crippen molar-refractivity contribution in [3.05, 3.63) is 35.6 Å². The molecule has 0 spiro atoms. The molecule has 11 heavy (non-hydrogen) atoms. The Kier molecular flexibility index (Phi) is 3.96. The van der Waals surface area contributed by atoms with Gasteiger partial charge in [-0.05, 0) is 31.2 Å². The average Bonchev–Trinajstić information content (AvgIpc) is 1.98. The fourth-order valence-electron chi connectivity index (χ4n) is 0.631. The second-order valence-corrected chi connectivity index (χ2v) is 2.44. The van der Waals surface area contributed by atoms with Gasteiger partial charge in [-0.25, -0.2) is 0 Å². The first-order chi connectivity index (χ1) is 5.11. The molecule has 0 saturated carbocycles. The number of hydrogen-bond donors (Lipinski definition) is 2. The number of nitrogens with one attached hydrogen (secondary N) is 1. The number of hydrogen-bond acceptors (Lipinski definition) is 2. The quantitative estimate of drug-likeness (QED) is 0.469. The molecule has 2 heteroatoms. The fourth-order valence-corrected chi connectivity index (χ4v) is 0.631. The zero-order valence-corrected chi connectivity index (χ0v) is 7.02. The van der Waals surface area contributed by atoms with E-state index >= 15 is 0 Å². The van der Waals surface area contributed by atoms with E-state index in [9.17, 15) is 0 Å². The van der Waals surface area contributed by atoms with Crippen molar-refractivity contribution in [1.29, 1.82) is 5.41 Å². The molecular weight excluding hydrogens is 136 g/mol. The van der Waals surface area contributed by atoms with Crippen LogP contribution >= 0.6 is 0 Å². The van der Waals surface area contributed by atoms with Gasteiger partial charge in [-0.1, -0.05) is 18.2 Å². The Morgan fingerprint density at radius 3 is 2.27 bits per heavy atom. The Balaban J connectivity index is 4.67. The van der Waals surface area contributed by atoms with Gasteiger partial charge in [0.2, 0.25) is 0 Å². The molecule has 0 aliphatic rings. The minimum Gasteiger partial charge on any atom is -0.404 e. The highest BCUT2D eigenvalue weighted by molar-refractivity contribution is 5.82. The molecule has 0 saturated heterocycles. The monoisotopic (exact) mass is 150 g/mol. The average molecular weight is 150 g/mol. The summed E-state index contributed by atoms with van der Waals surface area (Å²) >= 11 is 0. The predicted octanol–water partition coefficient (Wildman–Crippen LogP) is 2.00. The van der Waals surface area contributed by atoms with E-state index in [4.69, 9.17) is 11.1 Å². The lowest BCUT2D eigenvalue weighted by atomic mass is 10.1. The summed E-state index contributed by atoms with van der Waals surface area (Å²) in [4.78, 5) is 0.